The molecule has 1 saturated heterocycles. The van der Waals surface area contributed by atoms with Crippen LogP contribution in [0.25, 0.3) is 6.08 Å². The first kappa shape index (κ1) is 28.1. The van der Waals surface area contributed by atoms with E-state index in [1.165, 1.54) is 42.5 Å². The second-order valence-corrected chi connectivity index (χ2v) is 8.78. The highest BCUT2D eigenvalue weighted by Crippen LogP contribution is 2.37. The summed E-state index contributed by atoms with van der Waals surface area (Å²) in [6, 6.07) is 16.6. The summed E-state index contributed by atoms with van der Waals surface area (Å²) in [4.78, 5) is 50.6. The fraction of sp³-hybridized carbons (Fsp3) is 0.143. The molecule has 10 nitrogen and oxygen atoms in total. The maximum Gasteiger partial charge on any atom is 0.329 e. The van der Waals surface area contributed by atoms with E-state index in [1.54, 1.807) is 31.2 Å². The zero-order valence-electron chi connectivity index (χ0n) is 21.2. The summed E-state index contributed by atoms with van der Waals surface area (Å²) in [7, 11) is 0. The Morgan fingerprint density at radius 1 is 1.00 bits per heavy atom. The van der Waals surface area contributed by atoms with Gasteiger partial charge in [0.1, 0.15) is 18.1 Å². The third kappa shape index (κ3) is 6.94. The van der Waals surface area contributed by atoms with Crippen LogP contribution >= 0.6 is 11.6 Å². The number of nitrogens with zero attached hydrogens (tertiary/aromatic N) is 1. The summed E-state index contributed by atoms with van der Waals surface area (Å²) < 4.78 is 25.1. The molecule has 4 rings (SSSR count). The predicted molar refractivity (Wildman–Crippen MR) is 146 cm³/mol. The number of hydrogen-bond acceptors (Lipinski definition) is 6. The number of nitrogens with one attached hydrogen (secondary N) is 3. The molecule has 0 radical (unpaired) electrons. The monoisotopic (exact) mass is 566 g/mol. The number of benzene rings is 3. The van der Waals surface area contributed by atoms with Crippen molar-refractivity contribution < 1.29 is 33.0 Å². The lowest BCUT2D eigenvalue weighted by Crippen LogP contribution is -2.38. The largest absolute Gasteiger partial charge is 0.490 e. The molecule has 0 aliphatic carbocycles. The Kier molecular flexibility index (Phi) is 8.97. The molecule has 0 atom stereocenters. The van der Waals surface area contributed by atoms with E-state index in [0.29, 0.717) is 16.2 Å². The molecule has 1 heterocycles. The Bertz CT molecular complexity index is 1480. The average Bonchev–Trinajstić information content (AvgIpc) is 3.17. The number of para-hydroxylation sites is 2. The Morgan fingerprint density at radius 2 is 1.73 bits per heavy atom. The molecule has 0 unspecified atom stereocenters. The van der Waals surface area contributed by atoms with Gasteiger partial charge < -0.3 is 25.4 Å². The van der Waals surface area contributed by atoms with Gasteiger partial charge in [0.25, 0.3) is 11.8 Å². The molecule has 0 bridgehead atoms. The van der Waals surface area contributed by atoms with E-state index in [0.717, 1.165) is 0 Å². The molecule has 40 heavy (non-hydrogen) atoms. The highest BCUT2D eigenvalue weighted by atomic mass is 35.5. The Hall–Kier alpha value is -4.90. The number of ether oxygens (including phenoxy) is 2. The van der Waals surface area contributed by atoms with Crippen LogP contribution in [0.5, 0.6) is 11.5 Å². The maximum absolute atomic E-state index is 13.8. The van der Waals surface area contributed by atoms with Crippen LogP contribution in [0.1, 0.15) is 12.5 Å². The minimum Gasteiger partial charge on any atom is -0.490 e. The normalized spacial score (nSPS) is 13.7. The van der Waals surface area contributed by atoms with Crippen molar-refractivity contribution in [1.82, 2.24) is 10.2 Å². The van der Waals surface area contributed by atoms with Crippen LogP contribution in [0.4, 0.5) is 20.6 Å². The first-order valence-corrected chi connectivity index (χ1v) is 12.5. The molecule has 3 aromatic carbocycles. The summed E-state index contributed by atoms with van der Waals surface area (Å²) in [5.41, 5.74) is 0.804. The standard InChI is InChI=1S/C28H24ClFN4O6/c1-2-39-23-14-17(12-19(29)26(23)40-16-25(36)31-18-8-4-3-5-9-18)13-22-27(37)34(28(38)33-22)15-24(35)32-21-11-7-6-10-20(21)30/h3-14H,2,15-16H2,1H3,(H,31,36)(H,32,35)(H,33,38)/b22-13+. The van der Waals surface area contributed by atoms with Crippen molar-refractivity contribution in [3.05, 3.63) is 88.8 Å². The van der Waals surface area contributed by atoms with Crippen molar-refractivity contribution in [1.29, 1.82) is 0 Å². The van der Waals surface area contributed by atoms with Crippen molar-refractivity contribution in [2.75, 3.05) is 30.4 Å². The number of anilines is 2. The molecule has 1 aliphatic heterocycles. The second kappa shape index (κ2) is 12.8. The number of amides is 5. The number of urea groups is 1. The van der Waals surface area contributed by atoms with Crippen molar-refractivity contribution in [3.8, 4) is 11.5 Å². The number of halogens is 2. The molecule has 5 amide bonds. The van der Waals surface area contributed by atoms with Crippen LogP contribution in [0.15, 0.2) is 72.4 Å². The van der Waals surface area contributed by atoms with E-state index in [9.17, 15) is 23.6 Å². The molecule has 1 fully saturated rings. The first-order chi connectivity index (χ1) is 19.2. The minimum atomic E-state index is -0.819. The smallest absolute Gasteiger partial charge is 0.329 e. The van der Waals surface area contributed by atoms with E-state index in [2.05, 4.69) is 16.0 Å². The highest BCUT2D eigenvalue weighted by molar-refractivity contribution is 6.32. The molecular weight excluding hydrogens is 543 g/mol. The number of hydrogen-bond donors (Lipinski definition) is 3. The van der Waals surface area contributed by atoms with Gasteiger partial charge in [-0.2, -0.15) is 0 Å². The van der Waals surface area contributed by atoms with Gasteiger partial charge in [-0.25, -0.2) is 14.1 Å². The van der Waals surface area contributed by atoms with Gasteiger partial charge in [-0.05, 0) is 55.0 Å². The van der Waals surface area contributed by atoms with Crippen LogP contribution in [0.3, 0.4) is 0 Å². The summed E-state index contributed by atoms with van der Waals surface area (Å²) in [5.74, 6) is -2.24. The predicted octanol–water partition coefficient (Wildman–Crippen LogP) is 4.43. The molecule has 0 spiro atoms. The number of carbonyl (C=O) groups is 4. The lowest BCUT2D eigenvalue weighted by Gasteiger charge is -2.14. The zero-order chi connectivity index (χ0) is 28.6. The quantitative estimate of drug-likeness (QED) is 0.246. The van der Waals surface area contributed by atoms with E-state index in [-0.39, 0.29) is 41.1 Å². The van der Waals surface area contributed by atoms with Crippen LogP contribution < -0.4 is 25.4 Å². The van der Waals surface area contributed by atoms with Gasteiger partial charge in [0.2, 0.25) is 5.91 Å². The van der Waals surface area contributed by atoms with Gasteiger partial charge in [0.05, 0.1) is 17.3 Å². The van der Waals surface area contributed by atoms with E-state index < -0.39 is 36.1 Å². The topological polar surface area (TPSA) is 126 Å². The summed E-state index contributed by atoms with van der Waals surface area (Å²) in [6.45, 7) is 1.03. The summed E-state index contributed by atoms with van der Waals surface area (Å²) >= 11 is 6.42. The van der Waals surface area contributed by atoms with Crippen molar-refractivity contribution >= 4 is 52.8 Å². The summed E-state index contributed by atoms with van der Waals surface area (Å²) in [5, 5.41) is 7.53. The van der Waals surface area contributed by atoms with Gasteiger partial charge in [0, 0.05) is 5.69 Å². The minimum absolute atomic E-state index is 0.0757. The van der Waals surface area contributed by atoms with Gasteiger partial charge in [-0.3, -0.25) is 14.4 Å². The van der Waals surface area contributed by atoms with E-state index in [4.69, 9.17) is 21.1 Å². The number of rotatable bonds is 10. The Morgan fingerprint density at radius 3 is 2.45 bits per heavy atom. The molecule has 12 heteroatoms. The van der Waals surface area contributed by atoms with Crippen LogP contribution in [-0.2, 0) is 14.4 Å². The van der Waals surface area contributed by atoms with Gasteiger partial charge in [-0.15, -0.1) is 0 Å². The van der Waals surface area contributed by atoms with Gasteiger partial charge in [-0.1, -0.05) is 41.9 Å². The fourth-order valence-corrected chi connectivity index (χ4v) is 3.98. The van der Waals surface area contributed by atoms with Crippen molar-refractivity contribution in [2.24, 2.45) is 0 Å². The lowest BCUT2D eigenvalue weighted by atomic mass is 10.1. The van der Waals surface area contributed by atoms with Crippen LogP contribution in [0, 0.1) is 5.82 Å². The Labute approximate surface area is 233 Å². The average molecular weight is 567 g/mol. The molecule has 3 N–H and O–H groups in total. The third-order valence-electron chi connectivity index (χ3n) is 5.46. The highest BCUT2D eigenvalue weighted by Gasteiger charge is 2.35. The van der Waals surface area contributed by atoms with Gasteiger partial charge in [0.15, 0.2) is 18.1 Å². The molecule has 0 aromatic heterocycles. The maximum atomic E-state index is 13.8. The van der Waals surface area contributed by atoms with Crippen molar-refractivity contribution in [3.63, 3.8) is 0 Å². The molecular formula is C28H24ClFN4O6. The second-order valence-electron chi connectivity index (χ2n) is 8.37. The Balaban J connectivity index is 1.45. The first-order valence-electron chi connectivity index (χ1n) is 12.1. The zero-order valence-corrected chi connectivity index (χ0v) is 22.0. The number of carbonyl (C=O) groups excluding carboxylic acids is 4. The summed E-state index contributed by atoms with van der Waals surface area (Å²) in [6.07, 6.45) is 1.36. The molecule has 1 aliphatic rings. The lowest BCUT2D eigenvalue weighted by molar-refractivity contribution is -0.127. The molecule has 3 aromatic rings. The molecule has 0 saturated carbocycles. The fourth-order valence-electron chi connectivity index (χ4n) is 3.71. The SMILES string of the molecule is CCOc1cc(/C=C2/NC(=O)N(CC(=O)Nc3ccccc3F)C2=O)cc(Cl)c1OCC(=O)Nc1ccccc1. The van der Waals surface area contributed by atoms with E-state index >= 15 is 0 Å². The third-order valence-corrected chi connectivity index (χ3v) is 5.74. The number of imide groups is 1. The van der Waals surface area contributed by atoms with Crippen LogP contribution in [0.2, 0.25) is 5.02 Å². The van der Waals surface area contributed by atoms with E-state index in [1.807, 2.05) is 6.07 Å². The van der Waals surface area contributed by atoms with Crippen molar-refractivity contribution in [2.45, 2.75) is 6.92 Å². The molecule has 206 valence electrons. The van der Waals surface area contributed by atoms with Gasteiger partial charge >= 0.3 is 6.03 Å². The van der Waals surface area contributed by atoms with Crippen LogP contribution in [-0.4, -0.2) is 48.4 Å².